The summed E-state index contributed by atoms with van der Waals surface area (Å²) in [5.74, 6) is 1.90. The predicted molar refractivity (Wildman–Crippen MR) is 131 cm³/mol. The van der Waals surface area contributed by atoms with E-state index in [1.54, 1.807) is 12.3 Å². The Bertz CT molecular complexity index is 1250. The summed E-state index contributed by atoms with van der Waals surface area (Å²) in [7, 11) is 0. The number of morpholine rings is 1. The number of fused-ring (bicyclic) bond motifs is 1. The van der Waals surface area contributed by atoms with Crippen LogP contribution in [-0.2, 0) is 11.3 Å². The van der Waals surface area contributed by atoms with Crippen molar-refractivity contribution < 1.29 is 14.2 Å². The molecule has 34 heavy (non-hydrogen) atoms. The van der Waals surface area contributed by atoms with Gasteiger partial charge in [0.15, 0.2) is 0 Å². The van der Waals surface area contributed by atoms with Crippen molar-refractivity contribution in [2.75, 3.05) is 31.6 Å². The monoisotopic (exact) mass is 477 g/mol. The molecule has 2 aromatic carbocycles. The van der Waals surface area contributed by atoms with E-state index in [4.69, 9.17) is 25.8 Å². The Balaban J connectivity index is 1.33. The lowest BCUT2D eigenvalue weighted by Crippen LogP contribution is -2.41. The van der Waals surface area contributed by atoms with Crippen LogP contribution in [0.15, 0.2) is 67.1 Å². The number of ether oxygens (including phenoxy) is 3. The molecule has 2 aromatic heterocycles. The molecule has 2 N–H and O–H groups in total. The molecular formula is C25H24ClN5O3. The van der Waals surface area contributed by atoms with Crippen LogP contribution in [0.25, 0.3) is 10.9 Å². The first kappa shape index (κ1) is 22.3. The minimum atomic E-state index is 0.00230. The second-order valence-electron chi connectivity index (χ2n) is 7.76. The van der Waals surface area contributed by atoms with Gasteiger partial charge >= 0.3 is 0 Å². The molecular weight excluding hydrogens is 454 g/mol. The molecule has 0 radical (unpaired) electrons. The first-order valence-electron chi connectivity index (χ1n) is 11.0. The van der Waals surface area contributed by atoms with Gasteiger partial charge in [0.05, 0.1) is 28.2 Å². The van der Waals surface area contributed by atoms with E-state index in [2.05, 4.69) is 25.6 Å². The molecule has 9 heteroatoms. The van der Waals surface area contributed by atoms with Gasteiger partial charge in [0.25, 0.3) is 0 Å². The number of nitrogens with one attached hydrogen (secondary N) is 2. The molecule has 0 unspecified atom stereocenters. The van der Waals surface area contributed by atoms with Crippen molar-refractivity contribution in [2.24, 2.45) is 0 Å². The van der Waals surface area contributed by atoms with Crippen LogP contribution < -0.4 is 20.1 Å². The topological polar surface area (TPSA) is 90.4 Å². The Morgan fingerprint density at radius 1 is 1.03 bits per heavy atom. The number of nitrogens with zero attached hydrogens (tertiary/aromatic N) is 3. The van der Waals surface area contributed by atoms with E-state index in [0.717, 1.165) is 35.4 Å². The highest BCUT2D eigenvalue weighted by Gasteiger charge is 2.16. The summed E-state index contributed by atoms with van der Waals surface area (Å²) in [5, 5.41) is 7.93. The van der Waals surface area contributed by atoms with Crippen LogP contribution in [0.3, 0.4) is 0 Å². The van der Waals surface area contributed by atoms with E-state index in [1.165, 1.54) is 6.33 Å². The number of aromatic nitrogens is 3. The molecule has 1 atom stereocenters. The Hall–Kier alpha value is -3.46. The number of benzene rings is 2. The summed E-state index contributed by atoms with van der Waals surface area (Å²) >= 11 is 6.48. The van der Waals surface area contributed by atoms with Crippen molar-refractivity contribution in [3.63, 3.8) is 0 Å². The van der Waals surface area contributed by atoms with Crippen LogP contribution in [0, 0.1) is 0 Å². The van der Waals surface area contributed by atoms with E-state index in [9.17, 15) is 0 Å². The van der Waals surface area contributed by atoms with Crippen LogP contribution in [0.1, 0.15) is 5.69 Å². The molecule has 0 aliphatic carbocycles. The van der Waals surface area contributed by atoms with Crippen molar-refractivity contribution >= 4 is 34.0 Å². The summed E-state index contributed by atoms with van der Waals surface area (Å²) in [5.41, 5.74) is 2.37. The van der Waals surface area contributed by atoms with Crippen molar-refractivity contribution in [3.05, 3.63) is 77.8 Å². The zero-order chi connectivity index (χ0) is 23.2. The first-order valence-corrected chi connectivity index (χ1v) is 11.4. The molecule has 8 nitrogen and oxygen atoms in total. The second kappa shape index (κ2) is 10.6. The predicted octanol–water partition coefficient (Wildman–Crippen LogP) is 4.37. The average Bonchev–Trinajstić information content (AvgIpc) is 2.88. The molecule has 1 saturated heterocycles. The molecule has 0 saturated carbocycles. The van der Waals surface area contributed by atoms with Crippen molar-refractivity contribution in [3.8, 4) is 11.5 Å². The van der Waals surface area contributed by atoms with Crippen LogP contribution in [0.5, 0.6) is 11.5 Å². The number of hydrogen-bond acceptors (Lipinski definition) is 8. The third kappa shape index (κ3) is 5.36. The molecule has 1 aliphatic heterocycles. The van der Waals surface area contributed by atoms with Gasteiger partial charge in [0.2, 0.25) is 0 Å². The van der Waals surface area contributed by atoms with E-state index in [0.29, 0.717) is 42.2 Å². The minimum absolute atomic E-state index is 0.00230. The summed E-state index contributed by atoms with van der Waals surface area (Å²) in [6.45, 7) is 3.09. The lowest BCUT2D eigenvalue weighted by atomic mass is 10.2. The molecule has 0 bridgehead atoms. The Kier molecular flexibility index (Phi) is 6.99. The van der Waals surface area contributed by atoms with Gasteiger partial charge in [-0.1, -0.05) is 23.7 Å². The average molecular weight is 478 g/mol. The van der Waals surface area contributed by atoms with E-state index in [-0.39, 0.29) is 6.10 Å². The van der Waals surface area contributed by atoms with Crippen molar-refractivity contribution in [1.82, 2.24) is 20.3 Å². The maximum absolute atomic E-state index is 6.48. The highest BCUT2D eigenvalue weighted by Crippen LogP contribution is 2.34. The Labute approximate surface area is 202 Å². The molecule has 174 valence electrons. The molecule has 3 heterocycles. The van der Waals surface area contributed by atoms with Gasteiger partial charge in [0.1, 0.15) is 43.0 Å². The van der Waals surface area contributed by atoms with Crippen LogP contribution >= 0.6 is 11.6 Å². The SMILES string of the molecule is Clc1cc(Nc2ncnc3cccc(OC[C@H]4CNCCO4)c23)ccc1OCc1ccccn1. The molecule has 1 fully saturated rings. The van der Waals surface area contributed by atoms with Gasteiger partial charge in [-0.3, -0.25) is 4.98 Å². The highest BCUT2D eigenvalue weighted by atomic mass is 35.5. The maximum Gasteiger partial charge on any atom is 0.145 e. The quantitative estimate of drug-likeness (QED) is 0.386. The normalized spacial score (nSPS) is 15.7. The third-order valence-electron chi connectivity index (χ3n) is 5.35. The Morgan fingerprint density at radius 3 is 2.82 bits per heavy atom. The standard InChI is InChI=1S/C25H24ClN5O3/c26-20-12-17(7-8-22(20)33-14-18-4-1-2-9-28-18)31-25-24-21(29-16-30-25)5-3-6-23(24)34-15-19-13-27-10-11-32-19/h1-9,12,16,19,27H,10-11,13-15H2,(H,29,30,31)/t19-/m1/s1. The Morgan fingerprint density at radius 2 is 2.00 bits per heavy atom. The first-order chi connectivity index (χ1) is 16.8. The number of anilines is 2. The maximum atomic E-state index is 6.48. The second-order valence-corrected chi connectivity index (χ2v) is 8.17. The number of pyridine rings is 1. The zero-order valence-electron chi connectivity index (χ0n) is 18.4. The minimum Gasteiger partial charge on any atom is -0.490 e. The molecule has 0 spiro atoms. The van der Waals surface area contributed by atoms with Gasteiger partial charge in [-0.15, -0.1) is 0 Å². The lowest BCUT2D eigenvalue weighted by molar-refractivity contribution is 0.000513. The van der Waals surface area contributed by atoms with Crippen molar-refractivity contribution in [2.45, 2.75) is 12.7 Å². The van der Waals surface area contributed by atoms with E-state index in [1.807, 2.05) is 48.5 Å². The molecule has 5 rings (SSSR count). The van der Waals surface area contributed by atoms with Gasteiger partial charge in [-0.25, -0.2) is 9.97 Å². The largest absolute Gasteiger partial charge is 0.490 e. The molecule has 1 aliphatic rings. The fourth-order valence-electron chi connectivity index (χ4n) is 3.67. The fraction of sp³-hybridized carbons (Fsp3) is 0.240. The summed E-state index contributed by atoms with van der Waals surface area (Å²) in [4.78, 5) is 13.1. The van der Waals surface area contributed by atoms with Gasteiger partial charge in [-0.05, 0) is 42.5 Å². The fourth-order valence-corrected chi connectivity index (χ4v) is 3.91. The summed E-state index contributed by atoms with van der Waals surface area (Å²) in [6.07, 6.45) is 3.26. The number of hydrogen-bond donors (Lipinski definition) is 2. The van der Waals surface area contributed by atoms with Crippen LogP contribution in [0.4, 0.5) is 11.5 Å². The third-order valence-corrected chi connectivity index (χ3v) is 5.65. The number of halogens is 1. The van der Waals surface area contributed by atoms with E-state index < -0.39 is 0 Å². The van der Waals surface area contributed by atoms with Gasteiger partial charge in [0, 0.05) is 25.0 Å². The van der Waals surface area contributed by atoms with Crippen LogP contribution in [-0.4, -0.2) is 47.4 Å². The summed E-state index contributed by atoms with van der Waals surface area (Å²) < 4.78 is 17.7. The molecule has 0 amide bonds. The lowest BCUT2D eigenvalue weighted by Gasteiger charge is -2.24. The van der Waals surface area contributed by atoms with Crippen LogP contribution in [0.2, 0.25) is 5.02 Å². The number of rotatable bonds is 8. The van der Waals surface area contributed by atoms with E-state index >= 15 is 0 Å². The summed E-state index contributed by atoms with van der Waals surface area (Å²) in [6, 6.07) is 17.0. The highest BCUT2D eigenvalue weighted by molar-refractivity contribution is 6.32. The van der Waals surface area contributed by atoms with Gasteiger partial charge in [-0.2, -0.15) is 0 Å². The smallest absolute Gasteiger partial charge is 0.145 e. The van der Waals surface area contributed by atoms with Gasteiger partial charge < -0.3 is 24.8 Å². The molecule has 4 aromatic rings. The zero-order valence-corrected chi connectivity index (χ0v) is 19.2. The van der Waals surface area contributed by atoms with Crippen molar-refractivity contribution in [1.29, 1.82) is 0 Å².